The number of halogens is 2. The van der Waals surface area contributed by atoms with Crippen molar-refractivity contribution in [2.75, 3.05) is 18.4 Å². The summed E-state index contributed by atoms with van der Waals surface area (Å²) >= 11 is 0. The van der Waals surface area contributed by atoms with Crippen LogP contribution in [0.4, 0.5) is 5.69 Å². The second kappa shape index (κ2) is 7.90. The number of hydrogen-bond acceptors (Lipinski definition) is 3. The van der Waals surface area contributed by atoms with E-state index >= 15 is 0 Å². The van der Waals surface area contributed by atoms with Gasteiger partial charge >= 0.3 is 0 Å². The number of anilines is 1. The van der Waals surface area contributed by atoms with E-state index in [9.17, 15) is 4.79 Å². The van der Waals surface area contributed by atoms with E-state index in [2.05, 4.69) is 15.6 Å². The molecule has 0 unspecified atom stereocenters. The van der Waals surface area contributed by atoms with Gasteiger partial charge in [0.2, 0.25) is 0 Å². The van der Waals surface area contributed by atoms with Crippen LogP contribution in [0, 0.1) is 0 Å². The molecule has 0 radical (unpaired) electrons. The number of carbonyl (C=O) groups excluding carboxylic acids is 1. The minimum absolute atomic E-state index is 0. The van der Waals surface area contributed by atoms with Crippen LogP contribution in [0.1, 0.15) is 15.9 Å². The van der Waals surface area contributed by atoms with Gasteiger partial charge in [-0.3, -0.25) is 4.79 Å². The van der Waals surface area contributed by atoms with Crippen molar-refractivity contribution in [1.29, 1.82) is 0 Å². The summed E-state index contributed by atoms with van der Waals surface area (Å²) in [5.74, 6) is -0.0187. The van der Waals surface area contributed by atoms with Crippen LogP contribution < -0.4 is 10.6 Å². The lowest BCUT2D eigenvalue weighted by Gasteiger charge is -2.07. The van der Waals surface area contributed by atoms with Gasteiger partial charge in [-0.2, -0.15) is 0 Å². The zero-order valence-corrected chi connectivity index (χ0v) is 13.0. The summed E-state index contributed by atoms with van der Waals surface area (Å²) < 4.78 is 1.94. The first-order valence-corrected chi connectivity index (χ1v) is 6.44. The molecular formula is C14H18Cl2N4O. The van der Waals surface area contributed by atoms with Crippen LogP contribution in [0.2, 0.25) is 0 Å². The smallest absolute Gasteiger partial charge is 0.251 e. The molecule has 21 heavy (non-hydrogen) atoms. The van der Waals surface area contributed by atoms with Crippen LogP contribution in [-0.4, -0.2) is 28.5 Å². The van der Waals surface area contributed by atoms with Crippen molar-refractivity contribution in [1.82, 2.24) is 14.9 Å². The third-order valence-corrected chi connectivity index (χ3v) is 3.29. The Labute approximate surface area is 136 Å². The third kappa shape index (κ3) is 4.12. The molecule has 2 N–H and O–H groups in total. The van der Waals surface area contributed by atoms with Crippen LogP contribution in [-0.2, 0) is 13.0 Å². The van der Waals surface area contributed by atoms with E-state index in [-0.39, 0.29) is 30.7 Å². The molecule has 0 atom stereocenters. The van der Waals surface area contributed by atoms with E-state index in [0.29, 0.717) is 6.54 Å². The number of nitrogens with one attached hydrogen (secondary N) is 2. The van der Waals surface area contributed by atoms with Crippen LogP contribution >= 0.6 is 24.8 Å². The Balaban J connectivity index is 0.00000110. The molecule has 2 heterocycles. The largest absolute Gasteiger partial charge is 0.384 e. The first-order valence-electron chi connectivity index (χ1n) is 6.44. The van der Waals surface area contributed by atoms with Crippen molar-refractivity contribution in [3.63, 3.8) is 0 Å². The van der Waals surface area contributed by atoms with Gasteiger partial charge in [-0.15, -0.1) is 24.8 Å². The van der Waals surface area contributed by atoms with E-state index < -0.39 is 0 Å². The highest BCUT2D eigenvalue weighted by Crippen LogP contribution is 2.22. The van der Waals surface area contributed by atoms with Crippen molar-refractivity contribution < 1.29 is 4.79 Å². The Bertz CT molecular complexity index is 587. The predicted octanol–water partition coefficient (Wildman–Crippen LogP) is 2.12. The summed E-state index contributed by atoms with van der Waals surface area (Å²) in [6, 6.07) is 5.82. The molecule has 1 aliphatic heterocycles. The predicted molar refractivity (Wildman–Crippen MR) is 87.7 cm³/mol. The normalized spacial score (nSPS) is 11.6. The van der Waals surface area contributed by atoms with E-state index in [1.54, 1.807) is 12.5 Å². The average molecular weight is 329 g/mol. The molecule has 0 spiro atoms. The van der Waals surface area contributed by atoms with E-state index in [1.807, 2.05) is 29.0 Å². The minimum Gasteiger partial charge on any atom is -0.384 e. The van der Waals surface area contributed by atoms with Crippen LogP contribution in [0.5, 0.6) is 0 Å². The molecule has 1 aromatic carbocycles. The summed E-state index contributed by atoms with van der Waals surface area (Å²) in [5.41, 5.74) is 3.10. The molecule has 1 aliphatic rings. The average Bonchev–Trinajstić information content (AvgIpc) is 3.08. The van der Waals surface area contributed by atoms with Crippen molar-refractivity contribution in [2.45, 2.75) is 13.0 Å². The summed E-state index contributed by atoms with van der Waals surface area (Å²) in [7, 11) is 0. The molecule has 1 aromatic heterocycles. The molecule has 2 aromatic rings. The quantitative estimate of drug-likeness (QED) is 0.903. The Morgan fingerprint density at radius 2 is 2.24 bits per heavy atom. The van der Waals surface area contributed by atoms with Crippen LogP contribution in [0.15, 0.2) is 36.9 Å². The number of amides is 1. The molecule has 0 fully saturated rings. The molecule has 3 rings (SSSR count). The van der Waals surface area contributed by atoms with Crippen molar-refractivity contribution in [3.8, 4) is 0 Å². The zero-order valence-electron chi connectivity index (χ0n) is 11.4. The number of benzene rings is 1. The lowest BCUT2D eigenvalue weighted by atomic mass is 10.1. The first kappa shape index (κ1) is 17.3. The fourth-order valence-corrected chi connectivity index (χ4v) is 2.27. The third-order valence-electron chi connectivity index (χ3n) is 3.29. The summed E-state index contributed by atoms with van der Waals surface area (Å²) in [6.45, 7) is 2.30. The highest BCUT2D eigenvalue weighted by atomic mass is 35.5. The lowest BCUT2D eigenvalue weighted by molar-refractivity contribution is 0.0952. The van der Waals surface area contributed by atoms with Gasteiger partial charge in [-0.05, 0) is 30.2 Å². The van der Waals surface area contributed by atoms with E-state index in [1.165, 1.54) is 5.56 Å². The Morgan fingerprint density at radius 3 is 3.00 bits per heavy atom. The maximum atomic E-state index is 12.0. The molecule has 0 saturated heterocycles. The molecule has 7 heteroatoms. The summed E-state index contributed by atoms with van der Waals surface area (Å²) in [4.78, 5) is 16.0. The van der Waals surface area contributed by atoms with Crippen molar-refractivity contribution in [2.24, 2.45) is 0 Å². The van der Waals surface area contributed by atoms with Gasteiger partial charge in [0.15, 0.2) is 0 Å². The van der Waals surface area contributed by atoms with Gasteiger partial charge in [0.25, 0.3) is 5.91 Å². The zero-order chi connectivity index (χ0) is 13.1. The SMILES string of the molecule is Cl.Cl.O=C(NCCn1ccnc1)c1ccc2c(c1)CCN2. The molecule has 0 saturated carbocycles. The monoisotopic (exact) mass is 328 g/mol. The number of hydrogen-bond donors (Lipinski definition) is 2. The van der Waals surface area contributed by atoms with Crippen LogP contribution in [0.3, 0.4) is 0 Å². The van der Waals surface area contributed by atoms with Crippen LogP contribution in [0.25, 0.3) is 0 Å². The van der Waals surface area contributed by atoms with E-state index in [0.717, 1.165) is 30.8 Å². The summed E-state index contributed by atoms with van der Waals surface area (Å²) in [5, 5.41) is 6.21. The summed E-state index contributed by atoms with van der Waals surface area (Å²) in [6.07, 6.45) is 6.35. The standard InChI is InChI=1S/C14H16N4O.2ClH/c19-14(17-6-8-18-7-5-15-10-18)12-1-2-13-11(9-12)3-4-16-13;;/h1-2,5,7,9-10,16H,3-4,6,8H2,(H,17,19);2*1H. The number of carbonyl (C=O) groups is 1. The van der Waals surface area contributed by atoms with Gasteiger partial charge in [-0.1, -0.05) is 0 Å². The van der Waals surface area contributed by atoms with Gasteiger partial charge in [-0.25, -0.2) is 4.98 Å². The maximum Gasteiger partial charge on any atom is 0.251 e. The highest BCUT2D eigenvalue weighted by molar-refractivity contribution is 5.95. The fourth-order valence-electron chi connectivity index (χ4n) is 2.27. The minimum atomic E-state index is -0.0187. The maximum absolute atomic E-state index is 12.0. The van der Waals surface area contributed by atoms with Gasteiger partial charge in [0.05, 0.1) is 6.33 Å². The molecule has 5 nitrogen and oxygen atoms in total. The number of fused-ring (bicyclic) bond motifs is 1. The number of rotatable bonds is 4. The second-order valence-electron chi connectivity index (χ2n) is 4.61. The fraction of sp³-hybridized carbons (Fsp3) is 0.286. The molecule has 1 amide bonds. The highest BCUT2D eigenvalue weighted by Gasteiger charge is 2.12. The number of nitrogens with zero attached hydrogens (tertiary/aromatic N) is 2. The molecule has 0 bridgehead atoms. The number of imidazole rings is 1. The van der Waals surface area contributed by atoms with Crippen molar-refractivity contribution >= 4 is 36.4 Å². The topological polar surface area (TPSA) is 59.0 Å². The number of aromatic nitrogens is 2. The van der Waals surface area contributed by atoms with Crippen molar-refractivity contribution in [3.05, 3.63) is 48.0 Å². The van der Waals surface area contributed by atoms with Gasteiger partial charge < -0.3 is 15.2 Å². The van der Waals surface area contributed by atoms with E-state index in [4.69, 9.17) is 0 Å². The Kier molecular flexibility index (Phi) is 6.52. The first-order chi connectivity index (χ1) is 9.33. The molecule has 0 aliphatic carbocycles. The Hall–Kier alpha value is -1.72. The molecule has 114 valence electrons. The molecular weight excluding hydrogens is 311 g/mol. The van der Waals surface area contributed by atoms with Gasteiger partial charge in [0.1, 0.15) is 0 Å². The second-order valence-corrected chi connectivity index (χ2v) is 4.61. The Morgan fingerprint density at radius 1 is 1.38 bits per heavy atom. The lowest BCUT2D eigenvalue weighted by Crippen LogP contribution is -2.27. The van der Waals surface area contributed by atoms with Gasteiger partial charge in [0, 0.05) is 43.3 Å².